The molecule has 3 rings (SSSR count). The Hall–Kier alpha value is -3.89. The Bertz CT molecular complexity index is 1190. The number of nitrogens with zero attached hydrogens (tertiary/aromatic N) is 1. The summed E-state index contributed by atoms with van der Waals surface area (Å²) >= 11 is 0. The summed E-state index contributed by atoms with van der Waals surface area (Å²) in [4.78, 5) is 36.7. The number of benzene rings is 1. The molecule has 0 saturated carbocycles. The third-order valence-electron chi connectivity index (χ3n) is 3.67. The van der Waals surface area contributed by atoms with Crippen molar-refractivity contribution >= 4 is 17.8 Å². The highest BCUT2D eigenvalue weighted by molar-refractivity contribution is 5.71. The van der Waals surface area contributed by atoms with Crippen LogP contribution in [0, 0.1) is 10.1 Å². The van der Waals surface area contributed by atoms with Gasteiger partial charge in [-0.2, -0.15) is 13.2 Å². The van der Waals surface area contributed by atoms with Crippen LogP contribution in [0.3, 0.4) is 0 Å². The Balaban J connectivity index is 1.99. The Morgan fingerprint density at radius 2 is 1.75 bits per heavy atom. The lowest BCUT2D eigenvalue weighted by atomic mass is 10.1. The number of hydrogen-bond donors (Lipinski definition) is 2. The number of aromatic amines is 2. The quantitative estimate of drug-likeness (QED) is 0.520. The van der Waals surface area contributed by atoms with E-state index in [-0.39, 0.29) is 22.8 Å². The second-order valence-electron chi connectivity index (χ2n) is 5.51. The van der Waals surface area contributed by atoms with Crippen LogP contribution in [0.15, 0.2) is 50.4 Å². The third-order valence-corrected chi connectivity index (χ3v) is 3.67. The summed E-state index contributed by atoms with van der Waals surface area (Å²) in [7, 11) is 0. The molecular weight excluding hydrogens is 383 g/mol. The lowest BCUT2D eigenvalue weighted by Gasteiger charge is -2.10. The highest BCUT2D eigenvalue weighted by atomic mass is 19.4. The van der Waals surface area contributed by atoms with E-state index < -0.39 is 33.6 Å². The zero-order valence-electron chi connectivity index (χ0n) is 13.7. The minimum absolute atomic E-state index is 0.0578. The Morgan fingerprint density at radius 3 is 2.43 bits per heavy atom. The maximum absolute atomic E-state index is 13.1. The number of furan rings is 1. The van der Waals surface area contributed by atoms with Gasteiger partial charge in [-0.15, -0.1) is 0 Å². The summed E-state index contributed by atoms with van der Waals surface area (Å²) in [6, 6.07) is 7.48. The van der Waals surface area contributed by atoms with Crippen LogP contribution in [-0.2, 0) is 6.18 Å². The molecule has 11 heteroatoms. The minimum Gasteiger partial charge on any atom is -0.457 e. The number of halogens is 3. The smallest absolute Gasteiger partial charge is 0.417 e. The maximum atomic E-state index is 13.1. The monoisotopic (exact) mass is 393 g/mol. The molecule has 0 amide bonds. The summed E-state index contributed by atoms with van der Waals surface area (Å²) in [6.45, 7) is 0. The van der Waals surface area contributed by atoms with Gasteiger partial charge >= 0.3 is 23.1 Å². The first-order valence-electron chi connectivity index (χ1n) is 7.62. The number of H-pyrrole nitrogens is 2. The van der Waals surface area contributed by atoms with E-state index in [1.165, 1.54) is 36.4 Å². The molecule has 0 atom stereocenters. The van der Waals surface area contributed by atoms with Gasteiger partial charge in [0.1, 0.15) is 17.2 Å². The van der Waals surface area contributed by atoms with Crippen LogP contribution in [0.5, 0.6) is 0 Å². The SMILES string of the molecule is O=c1[nH]c(C=Cc2ccc(-c3ccccc3C(F)(F)F)o2)c([N+](=O)[O-])c(=O)[nH]1. The van der Waals surface area contributed by atoms with Crippen LogP contribution in [-0.4, -0.2) is 14.9 Å². The molecule has 0 radical (unpaired) electrons. The molecule has 0 fully saturated rings. The number of hydrogen-bond acceptors (Lipinski definition) is 5. The van der Waals surface area contributed by atoms with Crippen molar-refractivity contribution in [3.63, 3.8) is 0 Å². The van der Waals surface area contributed by atoms with E-state index in [9.17, 15) is 32.9 Å². The third kappa shape index (κ3) is 3.77. The van der Waals surface area contributed by atoms with Crippen molar-refractivity contribution in [1.29, 1.82) is 0 Å². The highest BCUT2D eigenvalue weighted by Gasteiger charge is 2.34. The van der Waals surface area contributed by atoms with E-state index in [1.807, 2.05) is 0 Å². The number of nitro groups is 1. The zero-order valence-corrected chi connectivity index (χ0v) is 13.7. The van der Waals surface area contributed by atoms with Crippen LogP contribution >= 0.6 is 0 Å². The molecule has 0 aliphatic carbocycles. The number of rotatable bonds is 4. The molecule has 2 heterocycles. The van der Waals surface area contributed by atoms with Crippen molar-refractivity contribution in [3.8, 4) is 11.3 Å². The Labute approximate surface area is 153 Å². The van der Waals surface area contributed by atoms with Crippen molar-refractivity contribution in [2.24, 2.45) is 0 Å². The molecule has 0 bridgehead atoms. The number of nitrogens with one attached hydrogen (secondary N) is 2. The fourth-order valence-corrected chi connectivity index (χ4v) is 2.50. The van der Waals surface area contributed by atoms with E-state index in [0.717, 1.165) is 12.1 Å². The van der Waals surface area contributed by atoms with Gasteiger partial charge in [0.05, 0.1) is 10.5 Å². The molecule has 28 heavy (non-hydrogen) atoms. The van der Waals surface area contributed by atoms with Crippen molar-refractivity contribution in [2.75, 3.05) is 0 Å². The van der Waals surface area contributed by atoms with Gasteiger partial charge in [-0.3, -0.25) is 19.9 Å². The fourth-order valence-electron chi connectivity index (χ4n) is 2.50. The normalized spacial score (nSPS) is 11.8. The van der Waals surface area contributed by atoms with Gasteiger partial charge in [0.25, 0.3) is 0 Å². The average molecular weight is 393 g/mol. The lowest BCUT2D eigenvalue weighted by molar-refractivity contribution is -0.386. The molecule has 0 saturated heterocycles. The van der Waals surface area contributed by atoms with E-state index >= 15 is 0 Å². The maximum Gasteiger partial charge on any atom is 0.417 e. The van der Waals surface area contributed by atoms with Crippen molar-refractivity contribution in [2.45, 2.75) is 6.18 Å². The van der Waals surface area contributed by atoms with Gasteiger partial charge < -0.3 is 9.40 Å². The topological polar surface area (TPSA) is 122 Å². The molecule has 2 aromatic heterocycles. The molecule has 0 spiro atoms. The highest BCUT2D eigenvalue weighted by Crippen LogP contribution is 2.37. The van der Waals surface area contributed by atoms with Crippen LogP contribution in [0.25, 0.3) is 23.5 Å². The van der Waals surface area contributed by atoms with Crippen molar-refractivity contribution in [1.82, 2.24) is 9.97 Å². The van der Waals surface area contributed by atoms with Gasteiger partial charge in [-0.1, -0.05) is 18.2 Å². The second kappa shape index (κ2) is 7.02. The van der Waals surface area contributed by atoms with Gasteiger partial charge in [0.15, 0.2) is 0 Å². The van der Waals surface area contributed by atoms with E-state index in [1.54, 1.807) is 4.98 Å². The average Bonchev–Trinajstić information content (AvgIpc) is 3.07. The largest absolute Gasteiger partial charge is 0.457 e. The first-order valence-corrected chi connectivity index (χ1v) is 7.62. The van der Waals surface area contributed by atoms with Gasteiger partial charge in [-0.25, -0.2) is 4.79 Å². The minimum atomic E-state index is -4.58. The summed E-state index contributed by atoms with van der Waals surface area (Å²) in [5.41, 5.74) is -4.46. The summed E-state index contributed by atoms with van der Waals surface area (Å²) < 4.78 is 44.7. The van der Waals surface area contributed by atoms with Crippen molar-refractivity contribution in [3.05, 3.63) is 84.4 Å². The molecule has 0 unspecified atom stereocenters. The predicted octanol–water partition coefficient (Wildman–Crippen LogP) is 3.42. The molecule has 8 nitrogen and oxygen atoms in total. The van der Waals surface area contributed by atoms with E-state index in [0.29, 0.717) is 0 Å². The molecule has 1 aromatic carbocycles. The van der Waals surface area contributed by atoms with Gasteiger partial charge in [0, 0.05) is 5.56 Å². The van der Waals surface area contributed by atoms with Crippen LogP contribution in [0.2, 0.25) is 0 Å². The molecule has 0 aliphatic heterocycles. The van der Waals surface area contributed by atoms with Crippen LogP contribution in [0.4, 0.5) is 18.9 Å². The van der Waals surface area contributed by atoms with Crippen molar-refractivity contribution < 1.29 is 22.5 Å². The molecule has 0 aliphatic rings. The summed E-state index contributed by atoms with van der Waals surface area (Å²) in [6.07, 6.45) is -2.35. The van der Waals surface area contributed by atoms with Crippen LogP contribution < -0.4 is 11.2 Å². The van der Waals surface area contributed by atoms with Crippen LogP contribution in [0.1, 0.15) is 17.0 Å². The zero-order chi connectivity index (χ0) is 20.5. The molecular formula is C17H10F3N3O5. The van der Waals surface area contributed by atoms with Gasteiger partial charge in [-0.05, 0) is 30.4 Å². The first kappa shape index (κ1) is 18.9. The lowest BCUT2D eigenvalue weighted by Crippen LogP contribution is -2.25. The predicted molar refractivity (Wildman–Crippen MR) is 92.4 cm³/mol. The summed E-state index contributed by atoms with van der Waals surface area (Å²) in [5, 5.41) is 11.0. The summed E-state index contributed by atoms with van der Waals surface area (Å²) in [5.74, 6) is -0.0103. The number of alkyl halides is 3. The number of aromatic nitrogens is 2. The Morgan fingerprint density at radius 1 is 1.04 bits per heavy atom. The molecule has 144 valence electrons. The Kier molecular flexibility index (Phi) is 4.74. The molecule has 2 N–H and O–H groups in total. The molecule has 3 aromatic rings. The first-order chi connectivity index (χ1) is 13.2. The standard InChI is InChI=1S/C17H10F3N3O5/c18-17(19,20)11-4-2-1-3-10(11)13-8-6-9(28-13)5-7-12-14(23(26)27)15(24)22-16(25)21-12/h1-8H,(H2,21,22,24,25). The fraction of sp³-hybridized carbons (Fsp3) is 0.0588. The van der Waals surface area contributed by atoms with E-state index in [4.69, 9.17) is 4.42 Å². The van der Waals surface area contributed by atoms with E-state index in [2.05, 4.69) is 4.98 Å². The van der Waals surface area contributed by atoms with Gasteiger partial charge in [0.2, 0.25) is 0 Å². The second-order valence-corrected chi connectivity index (χ2v) is 5.51.